The zero-order chi connectivity index (χ0) is 17.3. The van der Waals surface area contributed by atoms with E-state index in [-0.39, 0.29) is 5.91 Å². The molecule has 0 unspecified atom stereocenters. The lowest BCUT2D eigenvalue weighted by atomic mass is 10.1. The molecule has 0 N–H and O–H groups in total. The number of carbonyl (C=O) groups is 1. The minimum absolute atomic E-state index is 0.0842. The highest BCUT2D eigenvalue weighted by Crippen LogP contribution is 2.25. The average Bonchev–Trinajstić information content (AvgIpc) is 2.90. The van der Waals surface area contributed by atoms with Crippen molar-refractivity contribution in [2.75, 3.05) is 26.2 Å². The zero-order valence-electron chi connectivity index (χ0n) is 13.5. The van der Waals surface area contributed by atoms with Crippen molar-refractivity contribution in [3.63, 3.8) is 0 Å². The van der Waals surface area contributed by atoms with Crippen molar-refractivity contribution in [2.45, 2.75) is 26.2 Å². The van der Waals surface area contributed by atoms with Crippen LogP contribution in [0.1, 0.15) is 12.5 Å². The first kappa shape index (κ1) is 16.8. The summed E-state index contributed by atoms with van der Waals surface area (Å²) < 4.78 is 39.2. The normalized spacial score (nSPS) is 16.8. The number of hydrogen-bond donors (Lipinski definition) is 0. The van der Waals surface area contributed by atoms with Crippen LogP contribution in [-0.2, 0) is 17.9 Å². The predicted molar refractivity (Wildman–Crippen MR) is 85.5 cm³/mol. The number of aromatic nitrogens is 1. The van der Waals surface area contributed by atoms with Crippen molar-refractivity contribution >= 4 is 16.8 Å². The summed E-state index contributed by atoms with van der Waals surface area (Å²) in [5.41, 5.74) is 1.62. The van der Waals surface area contributed by atoms with E-state index in [1.807, 2.05) is 11.0 Å². The molecule has 1 fully saturated rings. The molecule has 1 saturated heterocycles. The third-order valence-corrected chi connectivity index (χ3v) is 4.47. The third-order valence-electron chi connectivity index (χ3n) is 4.47. The van der Waals surface area contributed by atoms with Crippen LogP contribution in [0.5, 0.6) is 0 Å². The minimum atomic E-state index is -4.23. The van der Waals surface area contributed by atoms with Crippen LogP contribution in [0.25, 0.3) is 10.9 Å². The number of amides is 1. The van der Waals surface area contributed by atoms with E-state index in [0.29, 0.717) is 25.2 Å². The molecule has 0 saturated carbocycles. The summed E-state index contributed by atoms with van der Waals surface area (Å²) in [4.78, 5) is 15.4. The Hall–Kier alpha value is -2.02. The molecule has 4 nitrogen and oxygen atoms in total. The summed E-state index contributed by atoms with van der Waals surface area (Å²) >= 11 is 0. The molecule has 0 spiro atoms. The van der Waals surface area contributed by atoms with Gasteiger partial charge in [-0.25, -0.2) is 0 Å². The molecule has 1 aromatic carbocycles. The number of carbonyl (C=O) groups excluding carboxylic acids is 1. The average molecular weight is 339 g/mol. The standard InChI is InChI=1S/C17H20F3N3O/c1-13(24)22-9-7-21(8-10-22)11-14-3-2-4-16-15(14)5-6-23(16)12-17(18,19)20/h2-6H,7-12H2,1H3. The van der Waals surface area contributed by atoms with Crippen LogP contribution in [0.2, 0.25) is 0 Å². The number of benzene rings is 1. The Labute approximate surface area is 138 Å². The quantitative estimate of drug-likeness (QED) is 0.860. The summed E-state index contributed by atoms with van der Waals surface area (Å²) in [7, 11) is 0. The summed E-state index contributed by atoms with van der Waals surface area (Å²) in [6.07, 6.45) is -2.74. The molecule has 0 aliphatic carbocycles. The monoisotopic (exact) mass is 339 g/mol. The third kappa shape index (κ3) is 3.72. The maximum Gasteiger partial charge on any atom is 0.406 e. The molecule has 1 aliphatic rings. The number of fused-ring (bicyclic) bond motifs is 1. The van der Waals surface area contributed by atoms with E-state index in [4.69, 9.17) is 0 Å². The zero-order valence-corrected chi connectivity index (χ0v) is 13.5. The number of alkyl halides is 3. The fourth-order valence-electron chi connectivity index (χ4n) is 3.22. The second-order valence-corrected chi connectivity index (χ2v) is 6.19. The Bertz CT molecular complexity index is 730. The van der Waals surface area contributed by atoms with E-state index < -0.39 is 12.7 Å². The van der Waals surface area contributed by atoms with Gasteiger partial charge >= 0.3 is 6.18 Å². The fourth-order valence-corrected chi connectivity index (χ4v) is 3.22. The maximum atomic E-state index is 12.7. The topological polar surface area (TPSA) is 28.5 Å². The van der Waals surface area contributed by atoms with Gasteiger partial charge in [0.15, 0.2) is 0 Å². The van der Waals surface area contributed by atoms with E-state index in [1.165, 1.54) is 10.8 Å². The number of hydrogen-bond acceptors (Lipinski definition) is 2. The molecule has 1 aliphatic heterocycles. The van der Waals surface area contributed by atoms with E-state index >= 15 is 0 Å². The molecule has 0 atom stereocenters. The summed E-state index contributed by atoms with van der Waals surface area (Å²) in [6.45, 7) is 4.22. The first-order valence-corrected chi connectivity index (χ1v) is 7.95. The van der Waals surface area contributed by atoms with Gasteiger partial charge in [0, 0.05) is 56.7 Å². The smallest absolute Gasteiger partial charge is 0.340 e. The van der Waals surface area contributed by atoms with Gasteiger partial charge in [-0.2, -0.15) is 13.2 Å². The first-order valence-electron chi connectivity index (χ1n) is 7.95. The number of piperazine rings is 1. The summed E-state index contributed by atoms with van der Waals surface area (Å²) in [6, 6.07) is 7.23. The van der Waals surface area contributed by atoms with Gasteiger partial charge in [0.1, 0.15) is 6.54 Å². The van der Waals surface area contributed by atoms with Gasteiger partial charge < -0.3 is 9.47 Å². The Balaban J connectivity index is 1.75. The summed E-state index contributed by atoms with van der Waals surface area (Å²) in [5, 5.41) is 0.857. The van der Waals surface area contributed by atoms with Gasteiger partial charge in [-0.15, -0.1) is 0 Å². The van der Waals surface area contributed by atoms with Crippen molar-refractivity contribution in [1.29, 1.82) is 0 Å². The van der Waals surface area contributed by atoms with Gasteiger partial charge in [0.05, 0.1) is 0 Å². The SMILES string of the molecule is CC(=O)N1CCN(Cc2cccc3c2ccn3CC(F)(F)F)CC1. The van der Waals surface area contributed by atoms with Crippen LogP contribution in [0.4, 0.5) is 13.2 Å². The second kappa shape index (κ2) is 6.47. The van der Waals surface area contributed by atoms with Crippen LogP contribution < -0.4 is 0 Å². The van der Waals surface area contributed by atoms with Crippen LogP contribution in [0.15, 0.2) is 30.5 Å². The van der Waals surface area contributed by atoms with Gasteiger partial charge in [-0.3, -0.25) is 9.69 Å². The van der Waals surface area contributed by atoms with Crippen molar-refractivity contribution in [2.24, 2.45) is 0 Å². The highest BCUT2D eigenvalue weighted by molar-refractivity contribution is 5.83. The van der Waals surface area contributed by atoms with E-state index in [9.17, 15) is 18.0 Å². The molecular weight excluding hydrogens is 319 g/mol. The minimum Gasteiger partial charge on any atom is -0.340 e. The Morgan fingerprint density at radius 3 is 2.46 bits per heavy atom. The molecule has 24 heavy (non-hydrogen) atoms. The van der Waals surface area contributed by atoms with Crippen LogP contribution in [0.3, 0.4) is 0 Å². The molecule has 2 aromatic rings. The largest absolute Gasteiger partial charge is 0.406 e. The van der Waals surface area contributed by atoms with Gasteiger partial charge in [-0.1, -0.05) is 12.1 Å². The Morgan fingerprint density at radius 2 is 1.83 bits per heavy atom. The fraction of sp³-hybridized carbons (Fsp3) is 0.471. The lowest BCUT2D eigenvalue weighted by Gasteiger charge is -2.34. The Morgan fingerprint density at radius 1 is 1.12 bits per heavy atom. The van der Waals surface area contributed by atoms with E-state index in [2.05, 4.69) is 4.90 Å². The maximum absolute atomic E-state index is 12.7. The molecule has 0 radical (unpaired) electrons. The molecule has 130 valence electrons. The highest BCUT2D eigenvalue weighted by Gasteiger charge is 2.28. The lowest BCUT2D eigenvalue weighted by Crippen LogP contribution is -2.47. The second-order valence-electron chi connectivity index (χ2n) is 6.19. The van der Waals surface area contributed by atoms with Crippen LogP contribution >= 0.6 is 0 Å². The summed E-state index contributed by atoms with van der Waals surface area (Å²) in [5.74, 6) is 0.0842. The van der Waals surface area contributed by atoms with Gasteiger partial charge in [0.25, 0.3) is 0 Å². The Kier molecular flexibility index (Phi) is 4.54. The predicted octanol–water partition coefficient (Wildman–Crippen LogP) is 2.87. The van der Waals surface area contributed by atoms with Gasteiger partial charge in [-0.05, 0) is 17.7 Å². The molecular formula is C17H20F3N3O. The lowest BCUT2D eigenvalue weighted by molar-refractivity contribution is -0.139. The molecule has 1 amide bonds. The number of nitrogens with zero attached hydrogens (tertiary/aromatic N) is 3. The molecule has 3 rings (SSSR count). The molecule has 2 heterocycles. The molecule has 1 aromatic heterocycles. The van der Waals surface area contributed by atoms with Gasteiger partial charge in [0.2, 0.25) is 5.91 Å². The van der Waals surface area contributed by atoms with Crippen molar-refractivity contribution in [3.05, 3.63) is 36.0 Å². The van der Waals surface area contributed by atoms with Crippen molar-refractivity contribution < 1.29 is 18.0 Å². The highest BCUT2D eigenvalue weighted by atomic mass is 19.4. The molecule has 7 heteroatoms. The van der Waals surface area contributed by atoms with Crippen molar-refractivity contribution in [3.8, 4) is 0 Å². The van der Waals surface area contributed by atoms with E-state index in [1.54, 1.807) is 25.1 Å². The van der Waals surface area contributed by atoms with Crippen LogP contribution in [0, 0.1) is 0 Å². The molecule has 0 bridgehead atoms. The number of rotatable bonds is 3. The number of halogens is 3. The van der Waals surface area contributed by atoms with E-state index in [0.717, 1.165) is 24.0 Å². The van der Waals surface area contributed by atoms with Crippen LogP contribution in [-0.4, -0.2) is 52.6 Å². The first-order chi connectivity index (χ1) is 11.3. The van der Waals surface area contributed by atoms with Crippen molar-refractivity contribution in [1.82, 2.24) is 14.4 Å².